The molecule has 3 N–H and O–H groups in total. The van der Waals surface area contributed by atoms with Gasteiger partial charge in [-0.15, -0.1) is 0 Å². The number of nitrogens with zero attached hydrogens (tertiary/aromatic N) is 2. The summed E-state index contributed by atoms with van der Waals surface area (Å²) in [4.78, 5) is 28.4. The van der Waals surface area contributed by atoms with Crippen LogP contribution in [0.25, 0.3) is 0 Å². The third kappa shape index (κ3) is 3.89. The Hall–Kier alpha value is -1.82. The molecule has 9 heteroatoms. The Labute approximate surface area is 156 Å². The third-order valence-electron chi connectivity index (χ3n) is 3.87. The van der Waals surface area contributed by atoms with Crippen molar-refractivity contribution in [1.29, 1.82) is 0 Å². The summed E-state index contributed by atoms with van der Waals surface area (Å²) in [5.41, 5.74) is -0.156. The predicted octanol–water partition coefficient (Wildman–Crippen LogP) is 0.741. The maximum absolute atomic E-state index is 12.3. The minimum atomic E-state index is -0.850. The molecule has 0 spiro atoms. The van der Waals surface area contributed by atoms with Crippen LogP contribution in [0, 0.1) is 3.57 Å². The van der Waals surface area contributed by atoms with Gasteiger partial charge in [-0.3, -0.25) is 9.36 Å². The van der Waals surface area contributed by atoms with E-state index in [1.807, 2.05) is 22.6 Å². The molecule has 1 saturated heterocycles. The number of nitrogens with one attached hydrogen (secondary N) is 1. The Bertz CT molecular complexity index is 826. The van der Waals surface area contributed by atoms with E-state index in [1.54, 1.807) is 30.3 Å². The number of aliphatic hydroxyl groups is 2. The highest BCUT2D eigenvalue weighted by atomic mass is 127. The lowest BCUT2D eigenvalue weighted by Gasteiger charge is -2.15. The molecule has 1 fully saturated rings. The first-order valence-electron chi connectivity index (χ1n) is 7.59. The maximum Gasteiger partial charge on any atom is 0.351 e. The van der Waals surface area contributed by atoms with Gasteiger partial charge >= 0.3 is 5.69 Å². The fourth-order valence-electron chi connectivity index (χ4n) is 2.56. The largest absolute Gasteiger partial charge is 0.394 e. The van der Waals surface area contributed by atoms with Crippen LogP contribution >= 0.6 is 22.6 Å². The quantitative estimate of drug-likeness (QED) is 0.584. The SMILES string of the molecule is O=C(Nc1nc(=O)n([C@H]2CC(O)[C@@H](CO)O2)cc1I)c1ccccc1. The topological polar surface area (TPSA) is 114 Å². The summed E-state index contributed by atoms with van der Waals surface area (Å²) in [6, 6.07) is 8.60. The van der Waals surface area contributed by atoms with E-state index in [9.17, 15) is 14.7 Å². The number of aromatic nitrogens is 2. The van der Waals surface area contributed by atoms with Crippen molar-refractivity contribution in [2.24, 2.45) is 0 Å². The molecule has 1 aliphatic rings. The molecule has 0 bridgehead atoms. The van der Waals surface area contributed by atoms with Crippen LogP contribution < -0.4 is 11.0 Å². The molecular weight excluding hydrogens is 441 g/mol. The summed E-state index contributed by atoms with van der Waals surface area (Å²) in [5, 5.41) is 21.6. The molecular formula is C16H16IN3O5. The number of hydrogen-bond acceptors (Lipinski definition) is 6. The molecule has 0 radical (unpaired) electrons. The van der Waals surface area contributed by atoms with Crippen LogP contribution in [0.5, 0.6) is 0 Å². The molecule has 132 valence electrons. The molecule has 2 heterocycles. The lowest BCUT2D eigenvalue weighted by atomic mass is 10.2. The fourth-order valence-corrected chi connectivity index (χ4v) is 3.11. The van der Waals surface area contributed by atoms with Crippen molar-refractivity contribution in [3.8, 4) is 0 Å². The van der Waals surface area contributed by atoms with Crippen molar-refractivity contribution in [1.82, 2.24) is 9.55 Å². The molecule has 0 saturated carbocycles. The zero-order valence-corrected chi connectivity index (χ0v) is 15.2. The molecule has 2 aromatic rings. The summed E-state index contributed by atoms with van der Waals surface area (Å²) in [5.74, 6) is -0.205. The Morgan fingerprint density at radius 3 is 2.76 bits per heavy atom. The van der Waals surface area contributed by atoms with E-state index in [0.717, 1.165) is 0 Å². The summed E-state index contributed by atoms with van der Waals surface area (Å²) in [7, 11) is 0. The van der Waals surface area contributed by atoms with Crippen LogP contribution in [0.15, 0.2) is 41.3 Å². The van der Waals surface area contributed by atoms with E-state index in [4.69, 9.17) is 9.84 Å². The average Bonchev–Trinajstić information content (AvgIpc) is 2.99. The van der Waals surface area contributed by atoms with E-state index in [0.29, 0.717) is 9.13 Å². The second kappa shape index (κ2) is 7.60. The summed E-state index contributed by atoms with van der Waals surface area (Å²) >= 11 is 1.96. The van der Waals surface area contributed by atoms with Crippen molar-refractivity contribution < 1.29 is 19.7 Å². The first kappa shape index (κ1) is 18.0. The number of carbonyl (C=O) groups is 1. The number of hydrogen-bond donors (Lipinski definition) is 3. The molecule has 1 aliphatic heterocycles. The van der Waals surface area contributed by atoms with Crippen LogP contribution in [0.4, 0.5) is 5.82 Å². The molecule has 8 nitrogen and oxygen atoms in total. The van der Waals surface area contributed by atoms with Gasteiger partial charge in [0.2, 0.25) is 0 Å². The molecule has 1 aromatic heterocycles. The molecule has 1 unspecified atom stereocenters. The van der Waals surface area contributed by atoms with Gasteiger partial charge in [0.25, 0.3) is 5.91 Å². The van der Waals surface area contributed by atoms with Crippen LogP contribution in [-0.2, 0) is 4.74 Å². The Morgan fingerprint density at radius 1 is 1.40 bits per heavy atom. The van der Waals surface area contributed by atoms with E-state index >= 15 is 0 Å². The molecule has 3 atom stereocenters. The first-order valence-corrected chi connectivity index (χ1v) is 8.67. The van der Waals surface area contributed by atoms with E-state index in [2.05, 4.69) is 10.3 Å². The summed E-state index contributed by atoms with van der Waals surface area (Å²) in [6.07, 6.45) is -0.602. The van der Waals surface area contributed by atoms with Crippen LogP contribution in [0.1, 0.15) is 23.0 Å². The van der Waals surface area contributed by atoms with Crippen molar-refractivity contribution in [3.63, 3.8) is 0 Å². The lowest BCUT2D eigenvalue weighted by molar-refractivity contribution is -0.0459. The van der Waals surface area contributed by atoms with Gasteiger partial charge in [-0.05, 0) is 34.7 Å². The van der Waals surface area contributed by atoms with Crippen LogP contribution in [-0.4, -0.2) is 44.5 Å². The number of ether oxygens (including phenoxy) is 1. The highest BCUT2D eigenvalue weighted by Gasteiger charge is 2.35. The second-order valence-electron chi connectivity index (χ2n) is 5.56. The zero-order valence-electron chi connectivity index (χ0n) is 13.0. The van der Waals surface area contributed by atoms with Gasteiger partial charge in [-0.2, -0.15) is 4.98 Å². The number of carbonyl (C=O) groups excluding carboxylic acids is 1. The van der Waals surface area contributed by atoms with Gasteiger partial charge in [-0.1, -0.05) is 18.2 Å². The van der Waals surface area contributed by atoms with E-state index < -0.39 is 24.1 Å². The van der Waals surface area contributed by atoms with Gasteiger partial charge in [0, 0.05) is 18.2 Å². The number of benzene rings is 1. The maximum atomic E-state index is 12.3. The van der Waals surface area contributed by atoms with Crippen molar-refractivity contribution in [2.45, 2.75) is 24.9 Å². The summed E-state index contributed by atoms with van der Waals surface area (Å²) < 4.78 is 7.26. The Morgan fingerprint density at radius 2 is 2.12 bits per heavy atom. The summed E-state index contributed by atoms with van der Waals surface area (Å²) in [6.45, 7) is -0.331. The highest BCUT2D eigenvalue weighted by molar-refractivity contribution is 14.1. The predicted molar refractivity (Wildman–Crippen MR) is 97.2 cm³/mol. The average molecular weight is 457 g/mol. The van der Waals surface area contributed by atoms with Crippen molar-refractivity contribution in [2.75, 3.05) is 11.9 Å². The lowest BCUT2D eigenvalue weighted by Crippen LogP contribution is -2.29. The van der Waals surface area contributed by atoms with E-state index in [-0.39, 0.29) is 24.8 Å². The molecule has 1 amide bonds. The van der Waals surface area contributed by atoms with Crippen LogP contribution in [0.3, 0.4) is 0 Å². The number of anilines is 1. The standard InChI is InChI=1S/C16H16IN3O5/c17-10-7-20(13-6-11(22)12(8-21)25-13)16(24)19-14(10)18-15(23)9-4-2-1-3-5-9/h1-5,7,11-13,21-22H,6,8H2,(H,18,19,23,24)/t11?,12-,13-/m1/s1. The third-order valence-corrected chi connectivity index (χ3v) is 4.66. The highest BCUT2D eigenvalue weighted by Crippen LogP contribution is 2.28. The Kier molecular flexibility index (Phi) is 5.47. The van der Waals surface area contributed by atoms with Gasteiger partial charge in [0.1, 0.15) is 12.3 Å². The molecule has 25 heavy (non-hydrogen) atoms. The molecule has 1 aromatic carbocycles. The molecule has 0 aliphatic carbocycles. The van der Waals surface area contributed by atoms with Crippen LogP contribution in [0.2, 0.25) is 0 Å². The minimum absolute atomic E-state index is 0.160. The number of aliphatic hydroxyl groups excluding tert-OH is 2. The van der Waals surface area contributed by atoms with Gasteiger partial charge in [0.15, 0.2) is 5.82 Å². The van der Waals surface area contributed by atoms with Crippen molar-refractivity contribution in [3.05, 3.63) is 56.1 Å². The first-order chi connectivity index (χ1) is 12.0. The second-order valence-corrected chi connectivity index (χ2v) is 6.72. The molecule has 3 rings (SSSR count). The number of amides is 1. The minimum Gasteiger partial charge on any atom is -0.394 e. The smallest absolute Gasteiger partial charge is 0.351 e. The van der Waals surface area contributed by atoms with Crippen molar-refractivity contribution >= 4 is 34.3 Å². The Balaban J connectivity index is 1.81. The number of rotatable bonds is 4. The fraction of sp³-hybridized carbons (Fsp3) is 0.312. The normalized spacial score (nSPS) is 22.8. The van der Waals surface area contributed by atoms with Gasteiger partial charge in [0.05, 0.1) is 16.3 Å². The monoisotopic (exact) mass is 457 g/mol. The van der Waals surface area contributed by atoms with E-state index in [1.165, 1.54) is 10.8 Å². The van der Waals surface area contributed by atoms with Gasteiger partial charge in [-0.25, -0.2) is 4.79 Å². The zero-order chi connectivity index (χ0) is 18.0. The number of halogens is 1. The van der Waals surface area contributed by atoms with Gasteiger partial charge < -0.3 is 20.3 Å².